The molecule has 0 N–H and O–H groups in total. The maximum atomic E-state index is 12.9. The molecule has 1 heterocycles. The van der Waals surface area contributed by atoms with Crippen molar-refractivity contribution >= 4 is 10.0 Å². The van der Waals surface area contributed by atoms with E-state index in [4.69, 9.17) is 9.47 Å². The highest BCUT2D eigenvalue weighted by Gasteiger charge is 2.31. The Morgan fingerprint density at radius 3 is 2.28 bits per heavy atom. The Morgan fingerprint density at radius 2 is 1.68 bits per heavy atom. The Hall–Kier alpha value is -2.05. The number of hydrogen-bond acceptors (Lipinski definition) is 4. The normalized spacial score (nSPS) is 16.6. The van der Waals surface area contributed by atoms with Gasteiger partial charge in [-0.15, -0.1) is 0 Å². The third-order valence-corrected chi connectivity index (χ3v) is 6.51. The van der Waals surface area contributed by atoms with Crippen LogP contribution in [0.3, 0.4) is 0 Å². The molecule has 0 aromatic heterocycles. The molecule has 0 aliphatic carbocycles. The number of hydrogen-bond donors (Lipinski definition) is 0. The summed E-state index contributed by atoms with van der Waals surface area (Å²) >= 11 is 0. The molecule has 1 aliphatic heterocycles. The van der Waals surface area contributed by atoms with Crippen molar-refractivity contribution in [2.24, 2.45) is 0 Å². The van der Waals surface area contributed by atoms with Crippen molar-refractivity contribution < 1.29 is 17.9 Å². The van der Waals surface area contributed by atoms with Gasteiger partial charge in [-0.3, -0.25) is 0 Å². The summed E-state index contributed by atoms with van der Waals surface area (Å²) in [6.07, 6.45) is 1.41. The lowest BCUT2D eigenvalue weighted by molar-refractivity contribution is 0.135. The van der Waals surface area contributed by atoms with Crippen molar-refractivity contribution in [3.05, 3.63) is 54.1 Å². The minimum absolute atomic E-state index is 0.0471. The molecule has 0 bridgehead atoms. The van der Waals surface area contributed by atoms with Gasteiger partial charge in [0, 0.05) is 13.1 Å². The first-order valence-corrected chi connectivity index (χ1v) is 9.81. The highest BCUT2D eigenvalue weighted by molar-refractivity contribution is 7.89. The van der Waals surface area contributed by atoms with Gasteiger partial charge in [-0.2, -0.15) is 4.31 Å². The molecular formula is C19H23NO4S. The number of para-hydroxylation sites is 1. The fourth-order valence-corrected chi connectivity index (χ4v) is 4.73. The Kier molecular flexibility index (Phi) is 5.30. The molecule has 2 aromatic rings. The Balaban J connectivity index is 1.67. The first-order chi connectivity index (χ1) is 12.0. The smallest absolute Gasteiger partial charge is 0.243 e. The zero-order chi connectivity index (χ0) is 17.9. The molecule has 5 nitrogen and oxygen atoms in total. The van der Waals surface area contributed by atoms with E-state index in [9.17, 15) is 8.42 Å². The summed E-state index contributed by atoms with van der Waals surface area (Å²) < 4.78 is 38.5. The summed E-state index contributed by atoms with van der Waals surface area (Å²) in [7, 11) is -1.92. The van der Waals surface area contributed by atoms with Crippen LogP contribution in [0.15, 0.2) is 53.4 Å². The molecule has 0 radical (unpaired) electrons. The van der Waals surface area contributed by atoms with Gasteiger partial charge in [0.1, 0.15) is 17.6 Å². The molecule has 1 aliphatic rings. The molecule has 3 rings (SSSR count). The predicted octanol–water partition coefficient (Wildman–Crippen LogP) is 3.24. The van der Waals surface area contributed by atoms with Crippen LogP contribution in [0, 0.1) is 6.92 Å². The van der Waals surface area contributed by atoms with Crippen LogP contribution in [-0.4, -0.2) is 39.0 Å². The van der Waals surface area contributed by atoms with Crippen LogP contribution in [-0.2, 0) is 10.0 Å². The van der Waals surface area contributed by atoms with Crippen LogP contribution in [0.4, 0.5) is 0 Å². The van der Waals surface area contributed by atoms with Crippen molar-refractivity contribution in [1.29, 1.82) is 0 Å². The topological polar surface area (TPSA) is 55.8 Å². The third-order valence-electron chi connectivity index (χ3n) is 4.45. The SMILES string of the molecule is COc1ccc(S(=O)(=O)N2CCC(Oc3ccccc3)CC2)c(C)c1. The van der Waals surface area contributed by atoms with E-state index >= 15 is 0 Å². The number of piperidine rings is 1. The second-order valence-corrected chi connectivity index (χ2v) is 8.07. The monoisotopic (exact) mass is 361 g/mol. The van der Waals surface area contributed by atoms with E-state index in [1.165, 1.54) is 0 Å². The first-order valence-electron chi connectivity index (χ1n) is 8.37. The predicted molar refractivity (Wildman–Crippen MR) is 96.6 cm³/mol. The molecular weight excluding hydrogens is 338 g/mol. The Labute approximate surface area is 149 Å². The van der Waals surface area contributed by atoms with Gasteiger partial charge in [0.05, 0.1) is 12.0 Å². The molecule has 2 aromatic carbocycles. The number of nitrogens with zero attached hydrogens (tertiary/aromatic N) is 1. The summed E-state index contributed by atoms with van der Waals surface area (Å²) in [6, 6.07) is 14.7. The lowest BCUT2D eigenvalue weighted by atomic mass is 10.1. The average molecular weight is 361 g/mol. The highest BCUT2D eigenvalue weighted by Crippen LogP contribution is 2.27. The number of ether oxygens (including phenoxy) is 2. The van der Waals surface area contributed by atoms with Crippen LogP contribution in [0.25, 0.3) is 0 Å². The van der Waals surface area contributed by atoms with E-state index < -0.39 is 10.0 Å². The molecule has 1 saturated heterocycles. The maximum Gasteiger partial charge on any atom is 0.243 e. The number of methoxy groups -OCH3 is 1. The van der Waals surface area contributed by atoms with Crippen LogP contribution in [0.5, 0.6) is 11.5 Å². The second-order valence-electron chi connectivity index (χ2n) is 6.17. The van der Waals surface area contributed by atoms with Gasteiger partial charge in [0.25, 0.3) is 0 Å². The number of benzene rings is 2. The van der Waals surface area contributed by atoms with E-state index in [0.29, 0.717) is 42.1 Å². The largest absolute Gasteiger partial charge is 0.497 e. The van der Waals surface area contributed by atoms with Crippen molar-refractivity contribution in [1.82, 2.24) is 4.31 Å². The van der Waals surface area contributed by atoms with Crippen LogP contribution < -0.4 is 9.47 Å². The van der Waals surface area contributed by atoms with Gasteiger partial charge < -0.3 is 9.47 Å². The van der Waals surface area contributed by atoms with E-state index in [0.717, 1.165) is 5.75 Å². The number of aryl methyl sites for hydroxylation is 1. The summed E-state index contributed by atoms with van der Waals surface area (Å²) in [5.74, 6) is 1.49. The van der Waals surface area contributed by atoms with Crippen LogP contribution >= 0.6 is 0 Å². The van der Waals surface area contributed by atoms with E-state index in [-0.39, 0.29) is 6.10 Å². The summed E-state index contributed by atoms with van der Waals surface area (Å²) in [5, 5.41) is 0. The summed E-state index contributed by atoms with van der Waals surface area (Å²) in [6.45, 7) is 2.72. The van der Waals surface area contributed by atoms with Gasteiger partial charge in [-0.1, -0.05) is 18.2 Å². The molecule has 0 spiro atoms. The fourth-order valence-electron chi connectivity index (χ4n) is 3.06. The average Bonchev–Trinajstić information content (AvgIpc) is 2.62. The van der Waals surface area contributed by atoms with Gasteiger partial charge in [0.15, 0.2) is 0 Å². The molecule has 0 unspecified atom stereocenters. The molecule has 1 fully saturated rings. The Morgan fingerprint density at radius 1 is 1.00 bits per heavy atom. The standard InChI is InChI=1S/C19H23NO4S/c1-15-14-18(23-2)8-9-19(15)25(21,22)20-12-10-17(11-13-20)24-16-6-4-3-5-7-16/h3-9,14,17H,10-13H2,1-2H3. The molecule has 25 heavy (non-hydrogen) atoms. The molecule has 134 valence electrons. The quantitative estimate of drug-likeness (QED) is 0.820. The van der Waals surface area contributed by atoms with Crippen molar-refractivity contribution in [3.63, 3.8) is 0 Å². The third kappa shape index (κ3) is 3.96. The maximum absolute atomic E-state index is 12.9. The van der Waals surface area contributed by atoms with Gasteiger partial charge in [-0.25, -0.2) is 8.42 Å². The van der Waals surface area contributed by atoms with Crippen molar-refractivity contribution in [2.75, 3.05) is 20.2 Å². The second kappa shape index (κ2) is 7.45. The van der Waals surface area contributed by atoms with Gasteiger partial charge in [-0.05, 0) is 55.7 Å². The number of rotatable bonds is 5. The fraction of sp³-hybridized carbons (Fsp3) is 0.368. The minimum Gasteiger partial charge on any atom is -0.497 e. The van der Waals surface area contributed by atoms with Gasteiger partial charge in [0.2, 0.25) is 10.0 Å². The molecule has 0 saturated carbocycles. The van der Waals surface area contributed by atoms with E-state index in [1.54, 1.807) is 36.5 Å². The highest BCUT2D eigenvalue weighted by atomic mass is 32.2. The molecule has 0 amide bonds. The number of sulfonamides is 1. The van der Waals surface area contributed by atoms with Crippen molar-refractivity contribution in [2.45, 2.75) is 30.8 Å². The summed E-state index contributed by atoms with van der Waals surface area (Å²) in [5.41, 5.74) is 0.696. The zero-order valence-electron chi connectivity index (χ0n) is 14.5. The van der Waals surface area contributed by atoms with Crippen LogP contribution in [0.1, 0.15) is 18.4 Å². The lowest BCUT2D eigenvalue weighted by Crippen LogP contribution is -2.41. The van der Waals surface area contributed by atoms with Crippen LogP contribution in [0.2, 0.25) is 0 Å². The van der Waals surface area contributed by atoms with Gasteiger partial charge >= 0.3 is 0 Å². The molecule has 0 atom stereocenters. The minimum atomic E-state index is -3.49. The van der Waals surface area contributed by atoms with E-state index in [2.05, 4.69) is 0 Å². The lowest BCUT2D eigenvalue weighted by Gasteiger charge is -2.31. The van der Waals surface area contributed by atoms with E-state index in [1.807, 2.05) is 30.3 Å². The zero-order valence-corrected chi connectivity index (χ0v) is 15.3. The summed E-state index contributed by atoms with van der Waals surface area (Å²) in [4.78, 5) is 0.343. The first kappa shape index (κ1) is 17.8. The Bertz CT molecular complexity index is 813. The molecule has 6 heteroatoms. The van der Waals surface area contributed by atoms with Crippen molar-refractivity contribution in [3.8, 4) is 11.5 Å².